The highest BCUT2D eigenvalue weighted by molar-refractivity contribution is 5.54. The monoisotopic (exact) mass is 273 g/mol. The summed E-state index contributed by atoms with van der Waals surface area (Å²) in [4.78, 5) is 0. The summed E-state index contributed by atoms with van der Waals surface area (Å²) < 4.78 is 0. The quantitative estimate of drug-likeness (QED) is 0.729. The molecular formula is C19H31N. The van der Waals surface area contributed by atoms with Crippen LogP contribution in [0.5, 0.6) is 0 Å². The third-order valence-corrected chi connectivity index (χ3v) is 3.58. The fraction of sp³-hybridized carbons (Fsp3) is 0.579. The van der Waals surface area contributed by atoms with Crippen molar-refractivity contribution in [1.82, 2.24) is 5.32 Å². The van der Waals surface area contributed by atoms with E-state index in [-0.39, 0.29) is 0 Å². The van der Waals surface area contributed by atoms with Crippen molar-refractivity contribution in [2.75, 3.05) is 13.1 Å². The number of rotatable bonds is 7. The summed E-state index contributed by atoms with van der Waals surface area (Å²) in [5.74, 6) is 1.89. The van der Waals surface area contributed by atoms with Crippen LogP contribution in [0.1, 0.15) is 58.6 Å². The van der Waals surface area contributed by atoms with Gasteiger partial charge in [-0.15, -0.1) is 0 Å². The third kappa shape index (κ3) is 5.92. The summed E-state index contributed by atoms with van der Waals surface area (Å²) in [6, 6.07) is 8.96. The molecule has 0 atom stereocenters. The Morgan fingerprint density at radius 2 is 1.60 bits per heavy atom. The van der Waals surface area contributed by atoms with E-state index in [1.807, 2.05) is 0 Å². The van der Waals surface area contributed by atoms with Gasteiger partial charge < -0.3 is 5.32 Å². The fourth-order valence-electron chi connectivity index (χ4n) is 2.12. The van der Waals surface area contributed by atoms with Crippen LogP contribution in [0, 0.1) is 11.8 Å². The molecule has 0 spiro atoms. The lowest BCUT2D eigenvalue weighted by Gasteiger charge is -2.14. The van der Waals surface area contributed by atoms with Crippen LogP contribution < -0.4 is 5.32 Å². The molecule has 1 aromatic carbocycles. The smallest absolute Gasteiger partial charge is 0.0170 e. The fourth-order valence-corrected chi connectivity index (χ4v) is 2.12. The van der Waals surface area contributed by atoms with Crippen LogP contribution in [0.3, 0.4) is 0 Å². The molecule has 0 saturated carbocycles. The molecule has 0 aliphatic rings. The van der Waals surface area contributed by atoms with Gasteiger partial charge in [0.1, 0.15) is 0 Å². The van der Waals surface area contributed by atoms with E-state index < -0.39 is 0 Å². The molecule has 0 fully saturated rings. The van der Waals surface area contributed by atoms with Gasteiger partial charge in [-0.25, -0.2) is 0 Å². The first-order valence-corrected chi connectivity index (χ1v) is 7.91. The van der Waals surface area contributed by atoms with Crippen LogP contribution >= 0.6 is 0 Å². The Balaban J connectivity index is 2.74. The highest BCUT2D eigenvalue weighted by atomic mass is 14.9. The molecule has 0 amide bonds. The minimum atomic E-state index is 0.583. The summed E-state index contributed by atoms with van der Waals surface area (Å²) >= 11 is 0. The van der Waals surface area contributed by atoms with E-state index in [9.17, 15) is 0 Å². The van der Waals surface area contributed by atoms with Gasteiger partial charge in [0.05, 0.1) is 0 Å². The zero-order valence-electron chi connectivity index (χ0n) is 14.0. The molecule has 0 unspecified atom stereocenters. The molecule has 0 radical (unpaired) electrons. The zero-order chi connectivity index (χ0) is 15.1. The van der Waals surface area contributed by atoms with Crippen molar-refractivity contribution in [2.45, 2.75) is 47.5 Å². The minimum Gasteiger partial charge on any atom is -0.313 e. The maximum absolute atomic E-state index is 3.55. The van der Waals surface area contributed by atoms with E-state index in [1.54, 1.807) is 0 Å². The van der Waals surface area contributed by atoms with Crippen molar-refractivity contribution in [1.29, 1.82) is 0 Å². The molecule has 0 aromatic heterocycles. The lowest BCUT2D eigenvalue weighted by atomic mass is 9.97. The largest absolute Gasteiger partial charge is 0.313 e. The predicted molar refractivity (Wildman–Crippen MR) is 91.1 cm³/mol. The van der Waals surface area contributed by atoms with E-state index in [1.165, 1.54) is 16.7 Å². The van der Waals surface area contributed by atoms with Gasteiger partial charge in [-0.3, -0.25) is 0 Å². The van der Waals surface area contributed by atoms with Crippen LogP contribution in [0.15, 0.2) is 29.8 Å². The van der Waals surface area contributed by atoms with Gasteiger partial charge in [0.15, 0.2) is 0 Å². The molecule has 0 heterocycles. The highest BCUT2D eigenvalue weighted by Gasteiger charge is 2.05. The van der Waals surface area contributed by atoms with Crippen molar-refractivity contribution in [3.8, 4) is 0 Å². The topological polar surface area (TPSA) is 12.0 Å². The summed E-state index contributed by atoms with van der Waals surface area (Å²) in [5.41, 5.74) is 4.19. The summed E-state index contributed by atoms with van der Waals surface area (Å²) in [6.45, 7) is 15.6. The molecule has 0 saturated heterocycles. The molecule has 1 rings (SSSR count). The molecule has 1 N–H and O–H groups in total. The predicted octanol–water partition coefficient (Wildman–Crippen LogP) is 5.10. The Morgan fingerprint density at radius 1 is 1.00 bits per heavy atom. The number of hydrogen-bond donors (Lipinski definition) is 1. The second-order valence-corrected chi connectivity index (χ2v) is 6.72. The second-order valence-electron chi connectivity index (χ2n) is 6.72. The van der Waals surface area contributed by atoms with E-state index in [2.05, 4.69) is 77.2 Å². The Labute approximate surface area is 125 Å². The SMILES string of the molecule is CC(C)CNCC(=Cc1ccc(C(C)C)cc1)C(C)C. The molecule has 112 valence electrons. The maximum Gasteiger partial charge on any atom is 0.0170 e. The molecule has 0 aliphatic carbocycles. The van der Waals surface area contributed by atoms with Gasteiger partial charge in [-0.2, -0.15) is 0 Å². The third-order valence-electron chi connectivity index (χ3n) is 3.58. The van der Waals surface area contributed by atoms with Gasteiger partial charge >= 0.3 is 0 Å². The molecule has 1 heteroatoms. The van der Waals surface area contributed by atoms with Crippen LogP contribution in [0.2, 0.25) is 0 Å². The van der Waals surface area contributed by atoms with Gasteiger partial charge in [0.2, 0.25) is 0 Å². The standard InChI is InChI=1S/C19H31N/c1-14(2)12-20-13-19(16(5)6)11-17-7-9-18(10-8-17)15(3)4/h7-11,14-16,20H,12-13H2,1-6H3. The van der Waals surface area contributed by atoms with Crippen molar-refractivity contribution in [3.05, 3.63) is 41.0 Å². The van der Waals surface area contributed by atoms with E-state index in [4.69, 9.17) is 0 Å². The maximum atomic E-state index is 3.55. The molecule has 0 bridgehead atoms. The second kappa shape index (κ2) is 8.26. The summed E-state index contributed by atoms with van der Waals surface area (Å²) in [7, 11) is 0. The van der Waals surface area contributed by atoms with Crippen LogP contribution in [-0.2, 0) is 0 Å². The number of hydrogen-bond acceptors (Lipinski definition) is 1. The van der Waals surface area contributed by atoms with Crippen molar-refractivity contribution in [3.63, 3.8) is 0 Å². The Kier molecular flexibility index (Phi) is 7.01. The Morgan fingerprint density at radius 3 is 2.05 bits per heavy atom. The first kappa shape index (κ1) is 17.0. The van der Waals surface area contributed by atoms with Crippen LogP contribution in [0.4, 0.5) is 0 Å². The van der Waals surface area contributed by atoms with Gasteiger partial charge in [-0.1, -0.05) is 77.5 Å². The van der Waals surface area contributed by atoms with Crippen molar-refractivity contribution < 1.29 is 0 Å². The first-order chi connectivity index (χ1) is 9.40. The van der Waals surface area contributed by atoms with E-state index in [0.717, 1.165) is 13.1 Å². The Bertz CT molecular complexity index is 410. The van der Waals surface area contributed by atoms with E-state index in [0.29, 0.717) is 17.8 Å². The molecule has 20 heavy (non-hydrogen) atoms. The first-order valence-electron chi connectivity index (χ1n) is 7.91. The lowest BCUT2D eigenvalue weighted by molar-refractivity contribution is 0.558. The van der Waals surface area contributed by atoms with Crippen LogP contribution in [-0.4, -0.2) is 13.1 Å². The Hall–Kier alpha value is -1.08. The number of benzene rings is 1. The summed E-state index contributed by atoms with van der Waals surface area (Å²) in [5, 5.41) is 3.55. The highest BCUT2D eigenvalue weighted by Crippen LogP contribution is 2.18. The molecule has 1 aromatic rings. The molecule has 0 aliphatic heterocycles. The molecule has 1 nitrogen and oxygen atoms in total. The van der Waals surface area contributed by atoms with Crippen LogP contribution in [0.25, 0.3) is 6.08 Å². The van der Waals surface area contributed by atoms with Gasteiger partial charge in [-0.05, 0) is 35.4 Å². The zero-order valence-corrected chi connectivity index (χ0v) is 14.0. The average molecular weight is 273 g/mol. The van der Waals surface area contributed by atoms with E-state index >= 15 is 0 Å². The average Bonchev–Trinajstić information content (AvgIpc) is 2.37. The van der Waals surface area contributed by atoms with Gasteiger partial charge in [0.25, 0.3) is 0 Å². The van der Waals surface area contributed by atoms with Crippen molar-refractivity contribution >= 4 is 6.08 Å². The molecular weight excluding hydrogens is 242 g/mol. The lowest BCUT2D eigenvalue weighted by Crippen LogP contribution is -2.23. The summed E-state index contributed by atoms with van der Waals surface area (Å²) in [6.07, 6.45) is 2.34. The van der Waals surface area contributed by atoms with Crippen molar-refractivity contribution in [2.24, 2.45) is 11.8 Å². The van der Waals surface area contributed by atoms with Gasteiger partial charge in [0, 0.05) is 6.54 Å². The number of nitrogens with one attached hydrogen (secondary N) is 1. The minimum absolute atomic E-state index is 0.583. The normalized spacial score (nSPS) is 12.8.